The predicted octanol–water partition coefficient (Wildman–Crippen LogP) is 2.86. The van der Waals surface area contributed by atoms with Crippen molar-refractivity contribution in [3.05, 3.63) is 35.6 Å². The molecule has 0 bridgehead atoms. The molecule has 0 fully saturated rings. The molecular weight excluding hydrogens is 200 g/mol. The number of benzene rings is 1. The van der Waals surface area contributed by atoms with E-state index in [1.807, 2.05) is 6.07 Å². The van der Waals surface area contributed by atoms with Gasteiger partial charge in [-0.15, -0.1) is 0 Å². The van der Waals surface area contributed by atoms with Gasteiger partial charge in [0.25, 0.3) is 0 Å². The van der Waals surface area contributed by atoms with Crippen LogP contribution in [0.25, 0.3) is 10.8 Å². The highest BCUT2D eigenvalue weighted by Crippen LogP contribution is 2.21. The van der Waals surface area contributed by atoms with Crippen LogP contribution >= 0.6 is 11.6 Å². The highest BCUT2D eigenvalue weighted by Gasteiger charge is 1.97. The number of isocyanates is 1. The van der Waals surface area contributed by atoms with Gasteiger partial charge < -0.3 is 0 Å². The lowest BCUT2D eigenvalue weighted by Gasteiger charge is -1.97. The van der Waals surface area contributed by atoms with Crippen molar-refractivity contribution in [2.45, 2.75) is 0 Å². The number of hydrogen-bond donors (Lipinski definition) is 0. The van der Waals surface area contributed by atoms with Crippen LogP contribution in [0.4, 0.5) is 5.69 Å². The Hall–Kier alpha value is -1.70. The summed E-state index contributed by atoms with van der Waals surface area (Å²) in [6.07, 6.45) is 3.13. The summed E-state index contributed by atoms with van der Waals surface area (Å²) in [5.74, 6) is 0. The van der Waals surface area contributed by atoms with E-state index < -0.39 is 0 Å². The molecule has 0 aliphatic carbocycles. The van der Waals surface area contributed by atoms with Crippen LogP contribution in [0, 0.1) is 0 Å². The first-order chi connectivity index (χ1) is 6.79. The molecule has 0 radical (unpaired) electrons. The first-order valence-corrected chi connectivity index (χ1v) is 4.30. The third kappa shape index (κ3) is 1.64. The fraction of sp³-hybridized carbons (Fsp3) is 0. The smallest absolute Gasteiger partial charge is 0.240 e. The first kappa shape index (κ1) is 8.88. The summed E-state index contributed by atoms with van der Waals surface area (Å²) >= 11 is 5.72. The summed E-state index contributed by atoms with van der Waals surface area (Å²) in [6, 6.07) is 7.07. The molecule has 0 saturated heterocycles. The summed E-state index contributed by atoms with van der Waals surface area (Å²) in [6.45, 7) is 0. The molecule has 2 aromatic rings. The Labute approximate surface area is 85.1 Å². The normalized spacial score (nSPS) is 9.79. The first-order valence-electron chi connectivity index (χ1n) is 3.93. The number of pyridine rings is 1. The van der Waals surface area contributed by atoms with Gasteiger partial charge in [0, 0.05) is 11.6 Å². The topological polar surface area (TPSA) is 42.3 Å². The van der Waals surface area contributed by atoms with E-state index in [4.69, 9.17) is 11.6 Å². The Morgan fingerprint density at radius 2 is 2.14 bits per heavy atom. The van der Waals surface area contributed by atoms with E-state index in [-0.39, 0.29) is 0 Å². The van der Waals surface area contributed by atoms with Crippen LogP contribution in [0.3, 0.4) is 0 Å². The van der Waals surface area contributed by atoms with Crippen molar-refractivity contribution >= 4 is 34.1 Å². The highest BCUT2D eigenvalue weighted by molar-refractivity contribution is 6.30. The fourth-order valence-electron chi connectivity index (χ4n) is 1.22. The molecule has 68 valence electrons. The lowest BCUT2D eigenvalue weighted by Crippen LogP contribution is -1.76. The average molecular weight is 205 g/mol. The molecule has 0 atom stereocenters. The van der Waals surface area contributed by atoms with E-state index in [0.717, 1.165) is 10.8 Å². The zero-order valence-corrected chi connectivity index (χ0v) is 7.82. The third-order valence-corrected chi connectivity index (χ3v) is 2.05. The van der Waals surface area contributed by atoms with Gasteiger partial charge in [0.1, 0.15) is 5.15 Å². The van der Waals surface area contributed by atoms with Crippen LogP contribution in [-0.4, -0.2) is 11.1 Å². The third-order valence-electron chi connectivity index (χ3n) is 1.85. The minimum Gasteiger partial charge on any atom is -0.244 e. The Kier molecular flexibility index (Phi) is 2.27. The maximum absolute atomic E-state index is 10.0. The molecule has 0 aliphatic rings. The van der Waals surface area contributed by atoms with Crippen molar-refractivity contribution in [2.75, 3.05) is 0 Å². The molecule has 0 aliphatic heterocycles. The zero-order chi connectivity index (χ0) is 9.97. The second-order valence-electron chi connectivity index (χ2n) is 2.74. The van der Waals surface area contributed by atoms with Gasteiger partial charge in [-0.1, -0.05) is 17.7 Å². The van der Waals surface area contributed by atoms with Gasteiger partial charge in [0.2, 0.25) is 6.08 Å². The molecule has 1 aromatic heterocycles. The molecule has 2 rings (SSSR count). The standard InChI is InChI=1S/C10H5ClN2O/c11-10-4-7-1-2-9(13-6-14)3-8(7)5-12-10/h1-5H. The second-order valence-corrected chi connectivity index (χ2v) is 3.13. The van der Waals surface area contributed by atoms with Gasteiger partial charge in [0.05, 0.1) is 5.69 Å². The minimum absolute atomic E-state index is 0.448. The van der Waals surface area contributed by atoms with E-state index >= 15 is 0 Å². The Balaban J connectivity index is 2.67. The summed E-state index contributed by atoms with van der Waals surface area (Å²) in [5, 5.41) is 2.31. The molecule has 1 aromatic carbocycles. The second kappa shape index (κ2) is 3.58. The van der Waals surface area contributed by atoms with Crippen LogP contribution in [0.15, 0.2) is 35.5 Å². The van der Waals surface area contributed by atoms with Gasteiger partial charge >= 0.3 is 0 Å². The molecule has 0 N–H and O–H groups in total. The summed E-state index contributed by atoms with van der Waals surface area (Å²) in [7, 11) is 0. The van der Waals surface area contributed by atoms with E-state index in [2.05, 4.69) is 9.98 Å². The highest BCUT2D eigenvalue weighted by atomic mass is 35.5. The van der Waals surface area contributed by atoms with Crippen LogP contribution in [-0.2, 0) is 4.79 Å². The van der Waals surface area contributed by atoms with Crippen molar-refractivity contribution in [3.8, 4) is 0 Å². The number of rotatable bonds is 1. The van der Waals surface area contributed by atoms with Gasteiger partial charge in [0.15, 0.2) is 0 Å². The van der Waals surface area contributed by atoms with Crippen molar-refractivity contribution in [2.24, 2.45) is 4.99 Å². The van der Waals surface area contributed by atoms with Gasteiger partial charge in [-0.2, -0.15) is 4.99 Å². The lowest BCUT2D eigenvalue weighted by atomic mass is 10.1. The maximum atomic E-state index is 10.0. The van der Waals surface area contributed by atoms with E-state index in [0.29, 0.717) is 10.8 Å². The number of nitrogens with zero attached hydrogens (tertiary/aromatic N) is 2. The Morgan fingerprint density at radius 1 is 1.29 bits per heavy atom. The molecule has 0 saturated carbocycles. The average Bonchev–Trinajstić information content (AvgIpc) is 2.19. The van der Waals surface area contributed by atoms with Crippen LogP contribution in [0.1, 0.15) is 0 Å². The Bertz CT molecular complexity index is 533. The fourth-order valence-corrected chi connectivity index (χ4v) is 1.39. The van der Waals surface area contributed by atoms with E-state index in [1.54, 1.807) is 24.4 Å². The number of aliphatic imine (C=N–C) groups is 1. The monoisotopic (exact) mass is 204 g/mol. The number of hydrogen-bond acceptors (Lipinski definition) is 3. The molecule has 3 nitrogen and oxygen atoms in total. The van der Waals surface area contributed by atoms with Crippen molar-refractivity contribution < 1.29 is 4.79 Å². The maximum Gasteiger partial charge on any atom is 0.240 e. The van der Waals surface area contributed by atoms with Crippen LogP contribution < -0.4 is 0 Å². The number of halogens is 1. The summed E-state index contributed by atoms with van der Waals surface area (Å²) in [4.78, 5) is 17.5. The summed E-state index contributed by atoms with van der Waals surface area (Å²) in [5.41, 5.74) is 0.566. The predicted molar refractivity (Wildman–Crippen MR) is 54.5 cm³/mol. The number of fused-ring (bicyclic) bond motifs is 1. The van der Waals surface area contributed by atoms with Crippen molar-refractivity contribution in [1.82, 2.24) is 4.98 Å². The molecule has 1 heterocycles. The van der Waals surface area contributed by atoms with Gasteiger partial charge in [-0.25, -0.2) is 9.78 Å². The molecule has 0 amide bonds. The number of carbonyl (C=O) groups excluding carboxylic acids is 1. The molecule has 4 heteroatoms. The van der Waals surface area contributed by atoms with Gasteiger partial charge in [-0.05, 0) is 23.6 Å². The van der Waals surface area contributed by atoms with E-state index in [9.17, 15) is 4.79 Å². The Morgan fingerprint density at radius 3 is 2.93 bits per heavy atom. The molecule has 14 heavy (non-hydrogen) atoms. The van der Waals surface area contributed by atoms with Crippen molar-refractivity contribution in [3.63, 3.8) is 0 Å². The number of aromatic nitrogens is 1. The van der Waals surface area contributed by atoms with E-state index in [1.165, 1.54) is 6.08 Å². The molecule has 0 unspecified atom stereocenters. The van der Waals surface area contributed by atoms with Crippen molar-refractivity contribution in [1.29, 1.82) is 0 Å². The zero-order valence-electron chi connectivity index (χ0n) is 7.07. The minimum atomic E-state index is 0.448. The summed E-state index contributed by atoms with van der Waals surface area (Å²) < 4.78 is 0. The van der Waals surface area contributed by atoms with Crippen LogP contribution in [0.2, 0.25) is 5.15 Å². The van der Waals surface area contributed by atoms with Gasteiger partial charge in [-0.3, -0.25) is 0 Å². The van der Waals surface area contributed by atoms with Crippen LogP contribution in [0.5, 0.6) is 0 Å². The molecule has 0 spiro atoms. The molecular formula is C10H5ClN2O. The largest absolute Gasteiger partial charge is 0.244 e. The lowest BCUT2D eigenvalue weighted by molar-refractivity contribution is 0.565. The quantitative estimate of drug-likeness (QED) is 0.407. The SMILES string of the molecule is O=C=Nc1ccc2cc(Cl)ncc2c1.